The van der Waals surface area contributed by atoms with Gasteiger partial charge in [0.2, 0.25) is 5.91 Å². The first-order valence-corrected chi connectivity index (χ1v) is 10.1. The van der Waals surface area contributed by atoms with Crippen LogP contribution in [0, 0.1) is 0 Å². The van der Waals surface area contributed by atoms with E-state index < -0.39 is 23.6 Å². The van der Waals surface area contributed by atoms with Crippen LogP contribution in [0.2, 0.25) is 10.0 Å². The highest BCUT2D eigenvalue weighted by atomic mass is 35.5. The molecule has 1 fully saturated rings. The zero-order valence-electron chi connectivity index (χ0n) is 15.9. The number of carbonyl (C=O) groups excluding carboxylic acids is 3. The molecule has 3 amide bonds. The van der Waals surface area contributed by atoms with E-state index in [2.05, 4.69) is 5.32 Å². The van der Waals surface area contributed by atoms with Crippen LogP contribution in [0.1, 0.15) is 5.56 Å². The first-order valence-electron chi connectivity index (χ1n) is 8.54. The van der Waals surface area contributed by atoms with Crippen molar-refractivity contribution in [2.45, 2.75) is 0 Å². The molecule has 156 valence electrons. The maximum atomic E-state index is 12.6. The van der Waals surface area contributed by atoms with Gasteiger partial charge >= 0.3 is 0 Å². The number of anilines is 1. The molecule has 1 saturated heterocycles. The number of ether oxygens (including phenoxy) is 2. The summed E-state index contributed by atoms with van der Waals surface area (Å²) in [5, 5.41) is 2.90. The van der Waals surface area contributed by atoms with Gasteiger partial charge in [-0.3, -0.25) is 19.3 Å². The molecule has 1 aliphatic heterocycles. The van der Waals surface area contributed by atoms with Gasteiger partial charge in [0, 0.05) is 10.7 Å². The molecule has 10 heteroatoms. The van der Waals surface area contributed by atoms with Crippen molar-refractivity contribution in [2.75, 3.05) is 26.1 Å². The fraction of sp³-hybridized carbons (Fsp3) is 0.150. The van der Waals surface area contributed by atoms with Crippen LogP contribution in [0.15, 0.2) is 41.3 Å². The third-order valence-corrected chi connectivity index (χ3v) is 5.50. The average Bonchev–Trinajstić information content (AvgIpc) is 2.96. The van der Waals surface area contributed by atoms with Crippen LogP contribution in [-0.2, 0) is 9.59 Å². The summed E-state index contributed by atoms with van der Waals surface area (Å²) in [5.41, 5.74) is 1.06. The quantitative estimate of drug-likeness (QED) is 0.621. The van der Waals surface area contributed by atoms with E-state index in [0.717, 1.165) is 16.7 Å². The third-order valence-electron chi connectivity index (χ3n) is 4.06. The number of methoxy groups -OCH3 is 2. The van der Waals surface area contributed by atoms with Crippen molar-refractivity contribution in [3.8, 4) is 11.5 Å². The molecule has 30 heavy (non-hydrogen) atoms. The number of halogens is 2. The van der Waals surface area contributed by atoms with Crippen LogP contribution in [0.5, 0.6) is 11.5 Å². The molecule has 0 bridgehead atoms. The predicted octanol–water partition coefficient (Wildman–Crippen LogP) is 4.69. The monoisotopic (exact) mass is 466 g/mol. The van der Waals surface area contributed by atoms with Crippen LogP contribution < -0.4 is 14.8 Å². The number of amides is 3. The number of imide groups is 1. The normalized spacial score (nSPS) is 14.9. The van der Waals surface area contributed by atoms with Crippen LogP contribution in [0.25, 0.3) is 6.08 Å². The highest BCUT2D eigenvalue weighted by molar-refractivity contribution is 8.18. The molecule has 2 aromatic carbocycles. The molecule has 0 aromatic heterocycles. The van der Waals surface area contributed by atoms with E-state index in [-0.39, 0.29) is 4.91 Å². The summed E-state index contributed by atoms with van der Waals surface area (Å²) in [6.45, 7) is -0.405. The zero-order chi connectivity index (χ0) is 21.8. The van der Waals surface area contributed by atoms with Gasteiger partial charge in [0.1, 0.15) is 6.54 Å². The van der Waals surface area contributed by atoms with Crippen molar-refractivity contribution < 1.29 is 23.9 Å². The van der Waals surface area contributed by atoms with Crippen molar-refractivity contribution in [1.29, 1.82) is 0 Å². The van der Waals surface area contributed by atoms with Gasteiger partial charge in [0.15, 0.2) is 11.5 Å². The van der Waals surface area contributed by atoms with Gasteiger partial charge in [-0.2, -0.15) is 0 Å². The van der Waals surface area contributed by atoms with E-state index in [1.54, 1.807) is 36.4 Å². The molecule has 0 unspecified atom stereocenters. The molecule has 0 saturated carbocycles. The maximum absolute atomic E-state index is 12.6. The number of hydrogen-bond acceptors (Lipinski definition) is 6. The fourth-order valence-corrected chi connectivity index (χ4v) is 3.95. The molecule has 0 radical (unpaired) electrons. The Morgan fingerprint density at radius 1 is 1.13 bits per heavy atom. The number of nitrogens with zero attached hydrogens (tertiary/aromatic N) is 1. The Morgan fingerprint density at radius 3 is 2.47 bits per heavy atom. The lowest BCUT2D eigenvalue weighted by atomic mass is 10.2. The van der Waals surface area contributed by atoms with Gasteiger partial charge in [-0.1, -0.05) is 23.2 Å². The average molecular weight is 467 g/mol. The highest BCUT2D eigenvalue weighted by Gasteiger charge is 2.36. The molecule has 1 N–H and O–H groups in total. The topological polar surface area (TPSA) is 84.9 Å². The second-order valence-electron chi connectivity index (χ2n) is 6.06. The van der Waals surface area contributed by atoms with Crippen molar-refractivity contribution in [3.05, 3.63) is 56.9 Å². The summed E-state index contributed by atoms with van der Waals surface area (Å²) >= 11 is 12.7. The Morgan fingerprint density at radius 2 is 1.83 bits per heavy atom. The summed E-state index contributed by atoms with van der Waals surface area (Å²) in [4.78, 5) is 38.2. The van der Waals surface area contributed by atoms with Crippen LogP contribution >= 0.6 is 35.0 Å². The van der Waals surface area contributed by atoms with Gasteiger partial charge < -0.3 is 14.8 Å². The minimum Gasteiger partial charge on any atom is -0.493 e. The minimum absolute atomic E-state index is 0.169. The fourth-order valence-electron chi connectivity index (χ4n) is 2.69. The number of nitrogens with one attached hydrogen (secondary N) is 1. The predicted molar refractivity (Wildman–Crippen MR) is 117 cm³/mol. The third kappa shape index (κ3) is 4.89. The summed E-state index contributed by atoms with van der Waals surface area (Å²) in [6, 6.07) is 9.70. The largest absolute Gasteiger partial charge is 0.493 e. The minimum atomic E-state index is -0.567. The second-order valence-corrected chi connectivity index (χ2v) is 7.90. The Kier molecular flexibility index (Phi) is 6.91. The number of benzene rings is 2. The van der Waals surface area contributed by atoms with E-state index in [1.807, 2.05) is 0 Å². The Hall–Kier alpha value is -2.68. The smallest absolute Gasteiger partial charge is 0.294 e. The maximum Gasteiger partial charge on any atom is 0.294 e. The lowest BCUT2D eigenvalue weighted by molar-refractivity contribution is -0.127. The highest BCUT2D eigenvalue weighted by Crippen LogP contribution is 2.38. The standard InChI is InChI=1S/C20H16Cl2N2O5S/c1-28-15-8-11(7-14(22)18(15)29-2)9-16-19(26)24(20(27)30-16)10-17(25)23-13-5-3-12(21)4-6-13/h3-9H,10H2,1-2H3,(H,23,25)/b16-9-. The van der Waals surface area contributed by atoms with Crippen molar-refractivity contribution in [2.24, 2.45) is 0 Å². The molecule has 2 aromatic rings. The van der Waals surface area contributed by atoms with Crippen molar-refractivity contribution in [1.82, 2.24) is 4.90 Å². The van der Waals surface area contributed by atoms with Crippen molar-refractivity contribution in [3.63, 3.8) is 0 Å². The molecule has 7 nitrogen and oxygen atoms in total. The van der Waals surface area contributed by atoms with Gasteiger partial charge in [-0.15, -0.1) is 0 Å². The summed E-state index contributed by atoms with van der Waals surface area (Å²) < 4.78 is 10.4. The SMILES string of the molecule is COc1cc(/C=C2\SC(=O)N(CC(=O)Nc3ccc(Cl)cc3)C2=O)cc(Cl)c1OC. The van der Waals surface area contributed by atoms with Crippen LogP contribution in [0.4, 0.5) is 10.5 Å². The lowest BCUT2D eigenvalue weighted by Gasteiger charge is -2.12. The molecular formula is C20H16Cl2N2O5S. The Balaban J connectivity index is 1.75. The Labute approximate surface area is 186 Å². The molecule has 0 atom stereocenters. The number of hydrogen-bond donors (Lipinski definition) is 1. The zero-order valence-corrected chi connectivity index (χ0v) is 18.2. The first-order chi connectivity index (χ1) is 14.3. The van der Waals surface area contributed by atoms with E-state index >= 15 is 0 Å². The number of rotatable bonds is 6. The molecule has 0 aliphatic carbocycles. The number of thioether (sulfide) groups is 1. The van der Waals surface area contributed by atoms with E-state index in [1.165, 1.54) is 20.3 Å². The van der Waals surface area contributed by atoms with Crippen LogP contribution in [-0.4, -0.2) is 42.7 Å². The van der Waals surface area contributed by atoms with E-state index in [4.69, 9.17) is 32.7 Å². The van der Waals surface area contributed by atoms with Gasteiger partial charge in [0.25, 0.3) is 11.1 Å². The molecule has 1 aliphatic rings. The van der Waals surface area contributed by atoms with Crippen LogP contribution in [0.3, 0.4) is 0 Å². The summed E-state index contributed by atoms with van der Waals surface area (Å²) in [6.07, 6.45) is 1.51. The second kappa shape index (κ2) is 9.42. The van der Waals surface area contributed by atoms with E-state index in [0.29, 0.717) is 32.8 Å². The summed E-state index contributed by atoms with van der Waals surface area (Å²) in [5.74, 6) is -0.321. The number of carbonyl (C=O) groups is 3. The van der Waals surface area contributed by atoms with Gasteiger partial charge in [-0.05, 0) is 59.8 Å². The Bertz CT molecular complexity index is 1040. The molecule has 1 heterocycles. The molecule has 0 spiro atoms. The first kappa shape index (κ1) is 22.0. The molecule has 3 rings (SSSR count). The molecular weight excluding hydrogens is 451 g/mol. The van der Waals surface area contributed by atoms with Gasteiger partial charge in [0.05, 0.1) is 24.1 Å². The van der Waals surface area contributed by atoms with Gasteiger partial charge in [-0.25, -0.2) is 0 Å². The summed E-state index contributed by atoms with van der Waals surface area (Å²) in [7, 11) is 2.93. The van der Waals surface area contributed by atoms with E-state index in [9.17, 15) is 14.4 Å². The lowest BCUT2D eigenvalue weighted by Crippen LogP contribution is -2.36. The van der Waals surface area contributed by atoms with Crippen molar-refractivity contribution >= 4 is 63.8 Å².